The van der Waals surface area contributed by atoms with Crippen molar-refractivity contribution in [2.45, 2.75) is 11.8 Å². The Labute approximate surface area is 163 Å². The maximum atomic E-state index is 13.2. The van der Waals surface area contributed by atoms with E-state index in [2.05, 4.69) is 11.9 Å². The quantitative estimate of drug-likeness (QED) is 0.695. The van der Waals surface area contributed by atoms with Crippen LogP contribution in [0.3, 0.4) is 0 Å². The Bertz CT molecular complexity index is 913. The van der Waals surface area contributed by atoms with Gasteiger partial charge in [0.05, 0.1) is 17.3 Å². The number of carbonyl (C=O) groups is 1. The number of carbonyl (C=O) groups excluding carboxylic acids is 1. The highest BCUT2D eigenvalue weighted by Gasteiger charge is 2.27. The van der Waals surface area contributed by atoms with E-state index in [1.807, 2.05) is 0 Å². The minimum atomic E-state index is -4.02. The summed E-state index contributed by atoms with van der Waals surface area (Å²) in [4.78, 5) is 11.9. The van der Waals surface area contributed by atoms with Crippen molar-refractivity contribution in [2.24, 2.45) is 0 Å². The Morgan fingerprint density at radius 3 is 2.42 bits per heavy atom. The number of nitrogens with one attached hydrogen (secondary N) is 1. The van der Waals surface area contributed by atoms with Gasteiger partial charge in [-0.3, -0.25) is 9.10 Å². The zero-order valence-electron chi connectivity index (χ0n) is 14.1. The van der Waals surface area contributed by atoms with Crippen LogP contribution in [0.15, 0.2) is 60.0 Å². The Balaban J connectivity index is 2.55. The van der Waals surface area contributed by atoms with Gasteiger partial charge in [-0.05, 0) is 49.4 Å². The van der Waals surface area contributed by atoms with Crippen molar-refractivity contribution in [1.82, 2.24) is 5.32 Å². The molecule has 0 bridgehead atoms. The van der Waals surface area contributed by atoms with Crippen molar-refractivity contribution < 1.29 is 13.2 Å². The number of hydrogen-bond acceptors (Lipinski definition) is 3. The van der Waals surface area contributed by atoms with Gasteiger partial charge in [0.25, 0.3) is 15.9 Å². The molecule has 5 nitrogen and oxygen atoms in total. The van der Waals surface area contributed by atoms with Crippen LogP contribution in [0, 0.1) is 0 Å². The zero-order valence-corrected chi connectivity index (χ0v) is 16.4. The predicted molar refractivity (Wildman–Crippen MR) is 106 cm³/mol. The number of halogens is 2. The van der Waals surface area contributed by atoms with E-state index in [4.69, 9.17) is 23.2 Å². The van der Waals surface area contributed by atoms with E-state index in [0.717, 1.165) is 4.31 Å². The molecule has 0 aliphatic heterocycles. The summed E-state index contributed by atoms with van der Waals surface area (Å²) < 4.78 is 27.5. The molecule has 0 spiro atoms. The molecule has 0 saturated heterocycles. The molecule has 2 aromatic carbocycles. The molecule has 0 radical (unpaired) electrons. The summed E-state index contributed by atoms with van der Waals surface area (Å²) in [5, 5.41) is 3.15. The largest absolute Gasteiger partial charge is 0.352 e. The van der Waals surface area contributed by atoms with E-state index in [-0.39, 0.29) is 27.9 Å². The van der Waals surface area contributed by atoms with Crippen molar-refractivity contribution in [3.8, 4) is 0 Å². The number of anilines is 1. The zero-order chi connectivity index (χ0) is 19.3. The average molecular weight is 413 g/mol. The normalized spacial score (nSPS) is 11.0. The van der Waals surface area contributed by atoms with E-state index < -0.39 is 10.0 Å². The Morgan fingerprint density at radius 2 is 1.85 bits per heavy atom. The SMILES string of the molecule is C=CCN(c1ccc(Cl)cc1)S(=O)(=O)c1cc(C(=O)NCC)ccc1Cl. The Hall–Kier alpha value is -2.02. The van der Waals surface area contributed by atoms with Crippen molar-refractivity contribution in [3.05, 3.63) is 70.7 Å². The number of sulfonamides is 1. The van der Waals surface area contributed by atoms with Gasteiger partial charge in [-0.25, -0.2) is 8.42 Å². The van der Waals surface area contributed by atoms with Gasteiger partial charge in [0.1, 0.15) is 4.90 Å². The third kappa shape index (κ3) is 4.38. The van der Waals surface area contributed by atoms with Crippen molar-refractivity contribution in [3.63, 3.8) is 0 Å². The van der Waals surface area contributed by atoms with Gasteiger partial charge in [-0.1, -0.05) is 29.3 Å². The molecule has 0 aromatic heterocycles. The molecule has 2 rings (SSSR count). The van der Waals surface area contributed by atoms with Gasteiger partial charge in [-0.15, -0.1) is 6.58 Å². The van der Waals surface area contributed by atoms with E-state index in [9.17, 15) is 13.2 Å². The number of amides is 1. The second kappa shape index (κ2) is 8.58. The lowest BCUT2D eigenvalue weighted by molar-refractivity contribution is 0.0955. The first-order valence-corrected chi connectivity index (χ1v) is 9.97. The van der Waals surface area contributed by atoms with Crippen molar-refractivity contribution in [2.75, 3.05) is 17.4 Å². The van der Waals surface area contributed by atoms with E-state index in [1.54, 1.807) is 31.2 Å². The van der Waals surface area contributed by atoms with Crippen LogP contribution in [-0.2, 0) is 10.0 Å². The van der Waals surface area contributed by atoms with Crippen LogP contribution in [0.2, 0.25) is 10.0 Å². The molecule has 1 amide bonds. The summed E-state index contributed by atoms with van der Waals surface area (Å²) in [5.74, 6) is -0.373. The number of hydrogen-bond donors (Lipinski definition) is 1. The number of rotatable bonds is 7. The van der Waals surface area contributed by atoms with Gasteiger partial charge >= 0.3 is 0 Å². The Morgan fingerprint density at radius 1 is 1.19 bits per heavy atom. The molecule has 2 aromatic rings. The standard InChI is InChI=1S/C18H18Cl2N2O3S/c1-3-11-22(15-8-6-14(19)7-9-15)26(24,25)17-12-13(5-10-16(17)20)18(23)21-4-2/h3,5-10,12H,1,4,11H2,2H3,(H,21,23). The van der Waals surface area contributed by atoms with Gasteiger partial charge in [-0.2, -0.15) is 0 Å². The molecule has 138 valence electrons. The summed E-state index contributed by atoms with van der Waals surface area (Å²) in [6.45, 7) is 5.85. The van der Waals surface area contributed by atoms with Crippen LogP contribution in [0.5, 0.6) is 0 Å². The summed E-state index contributed by atoms with van der Waals surface area (Å²) in [6, 6.07) is 10.5. The minimum Gasteiger partial charge on any atom is -0.352 e. The van der Waals surface area contributed by atoms with Crippen LogP contribution < -0.4 is 9.62 Å². The molecule has 0 fully saturated rings. The van der Waals surface area contributed by atoms with Crippen LogP contribution in [-0.4, -0.2) is 27.4 Å². The van der Waals surface area contributed by atoms with Gasteiger partial charge in [0.15, 0.2) is 0 Å². The molecular weight excluding hydrogens is 395 g/mol. The molecule has 0 aliphatic carbocycles. The molecule has 26 heavy (non-hydrogen) atoms. The monoisotopic (exact) mass is 412 g/mol. The van der Waals surface area contributed by atoms with E-state index in [1.165, 1.54) is 24.3 Å². The summed E-state index contributed by atoms with van der Waals surface area (Å²) in [6.07, 6.45) is 1.47. The van der Waals surface area contributed by atoms with Crippen LogP contribution >= 0.6 is 23.2 Å². The van der Waals surface area contributed by atoms with Gasteiger partial charge in [0.2, 0.25) is 0 Å². The van der Waals surface area contributed by atoms with Crippen LogP contribution in [0.4, 0.5) is 5.69 Å². The lowest BCUT2D eigenvalue weighted by atomic mass is 10.2. The second-order valence-electron chi connectivity index (χ2n) is 5.31. The molecule has 0 aliphatic rings. The first kappa shape index (κ1) is 20.3. The van der Waals surface area contributed by atoms with E-state index >= 15 is 0 Å². The third-order valence-electron chi connectivity index (χ3n) is 3.51. The number of nitrogens with zero attached hydrogens (tertiary/aromatic N) is 1. The molecule has 8 heteroatoms. The van der Waals surface area contributed by atoms with Gasteiger partial charge < -0.3 is 5.32 Å². The highest BCUT2D eigenvalue weighted by atomic mass is 35.5. The van der Waals surface area contributed by atoms with Crippen LogP contribution in [0.1, 0.15) is 17.3 Å². The maximum absolute atomic E-state index is 13.2. The molecule has 0 saturated carbocycles. The average Bonchev–Trinajstić information content (AvgIpc) is 2.61. The summed E-state index contributed by atoms with van der Waals surface area (Å²) >= 11 is 12.0. The maximum Gasteiger partial charge on any atom is 0.266 e. The first-order valence-electron chi connectivity index (χ1n) is 7.78. The van der Waals surface area contributed by atoms with Gasteiger partial charge in [0, 0.05) is 17.1 Å². The molecule has 0 heterocycles. The highest BCUT2D eigenvalue weighted by molar-refractivity contribution is 7.93. The van der Waals surface area contributed by atoms with Crippen LogP contribution in [0.25, 0.3) is 0 Å². The topological polar surface area (TPSA) is 66.5 Å². The lowest BCUT2D eigenvalue weighted by Gasteiger charge is -2.24. The minimum absolute atomic E-state index is 0.0288. The second-order valence-corrected chi connectivity index (χ2v) is 7.98. The predicted octanol–water partition coefficient (Wildman–Crippen LogP) is 4.12. The van der Waals surface area contributed by atoms with E-state index in [0.29, 0.717) is 17.3 Å². The molecule has 1 N–H and O–H groups in total. The highest BCUT2D eigenvalue weighted by Crippen LogP contribution is 2.30. The number of benzene rings is 2. The molecule has 0 unspecified atom stereocenters. The lowest BCUT2D eigenvalue weighted by Crippen LogP contribution is -2.31. The fourth-order valence-electron chi connectivity index (χ4n) is 2.29. The fraction of sp³-hybridized carbons (Fsp3) is 0.167. The third-order valence-corrected chi connectivity index (χ3v) is 6.04. The molecule has 0 atom stereocenters. The smallest absolute Gasteiger partial charge is 0.266 e. The Kier molecular flexibility index (Phi) is 6.69. The summed E-state index contributed by atoms with van der Waals surface area (Å²) in [7, 11) is -4.02. The fourth-order valence-corrected chi connectivity index (χ4v) is 4.36. The van der Waals surface area contributed by atoms with Crippen molar-refractivity contribution in [1.29, 1.82) is 0 Å². The first-order chi connectivity index (χ1) is 12.3. The molecular formula is C18H18Cl2N2O3S. The van der Waals surface area contributed by atoms with Crippen molar-refractivity contribution >= 4 is 44.8 Å². The summed E-state index contributed by atoms with van der Waals surface area (Å²) in [5.41, 5.74) is 0.623.